The number of thiazole rings is 1. The van der Waals surface area contributed by atoms with Crippen LogP contribution >= 0.6 is 11.3 Å². The van der Waals surface area contributed by atoms with E-state index in [0.717, 1.165) is 16.9 Å². The molecule has 0 radical (unpaired) electrons. The third-order valence-electron chi connectivity index (χ3n) is 4.38. The monoisotopic (exact) mass is 465 g/mol. The summed E-state index contributed by atoms with van der Waals surface area (Å²) in [5.74, 6) is 0.904. The van der Waals surface area contributed by atoms with E-state index in [1.54, 1.807) is 36.4 Å². The minimum atomic E-state index is -3.78. The van der Waals surface area contributed by atoms with Crippen LogP contribution in [0.2, 0.25) is 0 Å². The summed E-state index contributed by atoms with van der Waals surface area (Å²) < 4.78 is 33.1. The van der Waals surface area contributed by atoms with E-state index in [4.69, 9.17) is 4.74 Å². The average molecular weight is 466 g/mol. The number of aromatic nitrogens is 1. The molecule has 0 atom stereocenters. The molecule has 0 aliphatic carbocycles. The van der Waals surface area contributed by atoms with Crippen molar-refractivity contribution in [3.8, 4) is 11.5 Å². The summed E-state index contributed by atoms with van der Waals surface area (Å²) in [4.78, 5) is 16.7. The van der Waals surface area contributed by atoms with Gasteiger partial charge in [-0.25, -0.2) is 13.4 Å². The molecule has 3 aromatic carbocycles. The number of hydrogen-bond donors (Lipinski definition) is 2. The number of carbonyl (C=O) groups excluding carboxylic acids is 1. The molecule has 1 aromatic heterocycles. The topological polar surface area (TPSA) is 97.4 Å². The van der Waals surface area contributed by atoms with E-state index < -0.39 is 15.9 Å². The first-order valence-electron chi connectivity index (χ1n) is 9.58. The molecular formula is C23H19N3O4S2. The normalized spacial score (nSPS) is 11.0. The summed E-state index contributed by atoms with van der Waals surface area (Å²) in [7, 11) is -3.78. The van der Waals surface area contributed by atoms with Gasteiger partial charge < -0.3 is 10.1 Å². The lowest BCUT2D eigenvalue weighted by Gasteiger charge is -2.07. The van der Waals surface area contributed by atoms with Crippen molar-refractivity contribution in [3.05, 3.63) is 95.5 Å². The van der Waals surface area contributed by atoms with Gasteiger partial charge in [-0.1, -0.05) is 35.9 Å². The fourth-order valence-corrected chi connectivity index (χ4v) is 4.69. The number of para-hydroxylation sites is 1. The molecule has 1 amide bonds. The van der Waals surface area contributed by atoms with Crippen molar-refractivity contribution in [1.82, 2.24) is 4.98 Å². The van der Waals surface area contributed by atoms with Crippen LogP contribution in [0.15, 0.2) is 89.1 Å². The van der Waals surface area contributed by atoms with Crippen molar-refractivity contribution in [1.29, 1.82) is 0 Å². The molecule has 32 heavy (non-hydrogen) atoms. The minimum Gasteiger partial charge on any atom is -0.457 e. The van der Waals surface area contributed by atoms with Crippen LogP contribution in [0.1, 0.15) is 16.1 Å². The Morgan fingerprint density at radius 3 is 2.25 bits per heavy atom. The zero-order valence-electron chi connectivity index (χ0n) is 17.0. The molecule has 0 spiro atoms. The van der Waals surface area contributed by atoms with E-state index in [9.17, 15) is 13.2 Å². The quantitative estimate of drug-likeness (QED) is 0.386. The van der Waals surface area contributed by atoms with Crippen LogP contribution in [-0.4, -0.2) is 19.3 Å². The van der Waals surface area contributed by atoms with Crippen molar-refractivity contribution in [2.75, 3.05) is 10.0 Å². The highest BCUT2D eigenvalue weighted by atomic mass is 32.2. The molecule has 162 valence electrons. The van der Waals surface area contributed by atoms with E-state index in [1.165, 1.54) is 17.5 Å². The van der Waals surface area contributed by atoms with E-state index in [0.29, 0.717) is 17.2 Å². The van der Waals surface area contributed by atoms with Gasteiger partial charge in [-0.3, -0.25) is 9.52 Å². The zero-order valence-corrected chi connectivity index (χ0v) is 18.6. The molecule has 0 bridgehead atoms. The Morgan fingerprint density at radius 2 is 1.56 bits per heavy atom. The van der Waals surface area contributed by atoms with Crippen LogP contribution in [0.4, 0.5) is 10.8 Å². The number of benzene rings is 3. The van der Waals surface area contributed by atoms with Crippen molar-refractivity contribution < 1.29 is 17.9 Å². The van der Waals surface area contributed by atoms with Crippen molar-refractivity contribution in [2.45, 2.75) is 11.8 Å². The Hall–Kier alpha value is -3.69. The van der Waals surface area contributed by atoms with Gasteiger partial charge in [-0.05, 0) is 55.5 Å². The zero-order chi connectivity index (χ0) is 22.6. The molecule has 9 heteroatoms. The number of aryl methyl sites for hydroxylation is 1. The molecule has 0 unspecified atom stereocenters. The van der Waals surface area contributed by atoms with Gasteiger partial charge in [-0.15, -0.1) is 11.3 Å². The largest absolute Gasteiger partial charge is 0.457 e. The molecule has 0 saturated carbocycles. The molecule has 4 rings (SSSR count). The number of ether oxygens (including phenoxy) is 1. The summed E-state index contributed by atoms with van der Waals surface area (Å²) >= 11 is 1.03. The number of amides is 1. The first-order chi connectivity index (χ1) is 15.4. The van der Waals surface area contributed by atoms with Crippen LogP contribution in [0.25, 0.3) is 0 Å². The van der Waals surface area contributed by atoms with Crippen molar-refractivity contribution in [3.63, 3.8) is 0 Å². The Morgan fingerprint density at radius 1 is 0.906 bits per heavy atom. The highest BCUT2D eigenvalue weighted by molar-refractivity contribution is 7.93. The summed E-state index contributed by atoms with van der Waals surface area (Å²) in [5.41, 5.74) is 1.63. The number of nitrogens with one attached hydrogen (secondary N) is 2. The maximum Gasteiger partial charge on any atom is 0.275 e. The predicted octanol–water partition coefficient (Wildman–Crippen LogP) is 5.30. The van der Waals surface area contributed by atoms with Gasteiger partial charge >= 0.3 is 0 Å². The molecule has 0 saturated heterocycles. The van der Waals surface area contributed by atoms with Crippen LogP contribution in [0.3, 0.4) is 0 Å². The molecule has 1 heterocycles. The Labute approximate surface area is 189 Å². The van der Waals surface area contributed by atoms with Crippen LogP contribution in [0.5, 0.6) is 11.5 Å². The Kier molecular flexibility index (Phi) is 6.20. The van der Waals surface area contributed by atoms with E-state index in [2.05, 4.69) is 15.0 Å². The van der Waals surface area contributed by atoms with Gasteiger partial charge in [0, 0.05) is 11.1 Å². The first-order valence-corrected chi connectivity index (χ1v) is 11.9. The summed E-state index contributed by atoms with van der Waals surface area (Å²) in [6, 6.07) is 22.7. The summed E-state index contributed by atoms with van der Waals surface area (Å²) in [6.45, 7) is 1.87. The van der Waals surface area contributed by atoms with Crippen molar-refractivity contribution in [2.24, 2.45) is 0 Å². The minimum absolute atomic E-state index is 0.112. The lowest BCUT2D eigenvalue weighted by Crippen LogP contribution is -2.14. The van der Waals surface area contributed by atoms with Crippen LogP contribution in [0, 0.1) is 6.92 Å². The highest BCUT2D eigenvalue weighted by Gasteiger charge is 2.18. The van der Waals surface area contributed by atoms with Crippen LogP contribution in [-0.2, 0) is 10.0 Å². The smallest absolute Gasteiger partial charge is 0.275 e. The van der Waals surface area contributed by atoms with Crippen LogP contribution < -0.4 is 14.8 Å². The summed E-state index contributed by atoms with van der Waals surface area (Å²) in [5, 5.41) is 4.34. The molecule has 0 aliphatic rings. The second-order valence-corrected chi connectivity index (χ2v) is 9.39. The van der Waals surface area contributed by atoms with E-state index >= 15 is 0 Å². The lowest BCUT2D eigenvalue weighted by molar-refractivity contribution is 0.102. The maximum atomic E-state index is 12.5. The molecular weight excluding hydrogens is 446 g/mol. The van der Waals surface area contributed by atoms with E-state index in [-0.39, 0.29) is 15.7 Å². The van der Waals surface area contributed by atoms with E-state index in [1.807, 2.05) is 37.3 Å². The number of carbonyl (C=O) groups is 1. The second kappa shape index (κ2) is 9.21. The van der Waals surface area contributed by atoms with Gasteiger partial charge in [0.1, 0.15) is 17.2 Å². The Balaban J connectivity index is 1.39. The third-order valence-corrected chi connectivity index (χ3v) is 6.62. The number of rotatable bonds is 7. The standard InChI is InChI=1S/C23H19N3O4S2/c1-16-7-13-20(14-8-16)32(28,29)26-23-25-21(15-31-23)22(27)24-17-9-11-19(12-10-17)30-18-5-3-2-4-6-18/h2-15H,1H3,(H,24,27)(H,25,26). The summed E-state index contributed by atoms with van der Waals surface area (Å²) in [6.07, 6.45) is 0. The fourth-order valence-electron chi connectivity index (χ4n) is 2.74. The molecule has 2 N–H and O–H groups in total. The van der Waals surface area contributed by atoms with Gasteiger partial charge in [0.2, 0.25) is 0 Å². The molecule has 7 nitrogen and oxygen atoms in total. The SMILES string of the molecule is Cc1ccc(S(=O)(=O)Nc2nc(C(=O)Nc3ccc(Oc4ccccc4)cc3)cs2)cc1. The van der Waals surface area contributed by atoms with Crippen molar-refractivity contribution >= 4 is 38.1 Å². The van der Waals surface area contributed by atoms with Gasteiger partial charge in [-0.2, -0.15) is 0 Å². The average Bonchev–Trinajstić information content (AvgIpc) is 3.24. The maximum absolute atomic E-state index is 12.5. The molecule has 0 fully saturated rings. The molecule has 0 aliphatic heterocycles. The Bertz CT molecular complexity index is 1320. The number of anilines is 2. The third kappa shape index (κ3) is 5.32. The lowest BCUT2D eigenvalue weighted by atomic mass is 10.2. The van der Waals surface area contributed by atoms with Gasteiger partial charge in [0.15, 0.2) is 5.13 Å². The fraction of sp³-hybridized carbons (Fsp3) is 0.0435. The van der Waals surface area contributed by atoms with Gasteiger partial charge in [0.25, 0.3) is 15.9 Å². The number of hydrogen-bond acceptors (Lipinski definition) is 6. The highest BCUT2D eigenvalue weighted by Crippen LogP contribution is 2.24. The number of nitrogens with zero attached hydrogens (tertiary/aromatic N) is 1. The van der Waals surface area contributed by atoms with Gasteiger partial charge in [0.05, 0.1) is 4.90 Å². The number of sulfonamides is 1. The second-order valence-electron chi connectivity index (χ2n) is 6.85. The predicted molar refractivity (Wildman–Crippen MR) is 125 cm³/mol. The first kappa shape index (κ1) is 21.5. The molecule has 4 aromatic rings.